The minimum absolute atomic E-state index is 0.00292. The minimum Gasteiger partial charge on any atom is -0.493 e. The summed E-state index contributed by atoms with van der Waals surface area (Å²) in [6.07, 6.45) is 4.88. The second kappa shape index (κ2) is 7.61. The molecule has 4 rings (SSSR count). The molecule has 1 aliphatic rings. The summed E-state index contributed by atoms with van der Waals surface area (Å²) in [7, 11) is 1.64. The van der Waals surface area contributed by atoms with Crippen molar-refractivity contribution in [2.24, 2.45) is 0 Å². The van der Waals surface area contributed by atoms with Crippen molar-refractivity contribution < 1.29 is 14.3 Å². The molecule has 1 fully saturated rings. The molecule has 138 valence electrons. The van der Waals surface area contributed by atoms with Crippen LogP contribution in [0.25, 0.3) is 11.0 Å². The van der Waals surface area contributed by atoms with Gasteiger partial charge in [-0.15, -0.1) is 0 Å². The zero-order valence-electron chi connectivity index (χ0n) is 15.2. The molecule has 3 aromatic rings. The van der Waals surface area contributed by atoms with Crippen molar-refractivity contribution in [1.29, 1.82) is 0 Å². The maximum absolute atomic E-state index is 13.0. The number of rotatable bonds is 4. The standard InChI is InChI=1S/C21H21N3O3/c1-26-18-7-2-3-8-19(18)27-15-9-13-24(14-10-15)21(25)16-5-4-6-17-20(16)23-12-11-22-17/h2-8,11-12,15H,9-10,13-14H2,1H3. The third-order valence-electron chi connectivity index (χ3n) is 4.82. The lowest BCUT2D eigenvalue weighted by Crippen LogP contribution is -2.41. The number of carbonyl (C=O) groups is 1. The van der Waals surface area contributed by atoms with Gasteiger partial charge in [-0.25, -0.2) is 0 Å². The van der Waals surface area contributed by atoms with E-state index in [4.69, 9.17) is 9.47 Å². The number of carbonyl (C=O) groups excluding carboxylic acids is 1. The van der Waals surface area contributed by atoms with Crippen LogP contribution in [-0.4, -0.2) is 47.1 Å². The Morgan fingerprint density at radius 3 is 2.52 bits per heavy atom. The molecule has 1 aromatic heterocycles. The summed E-state index contributed by atoms with van der Waals surface area (Å²) in [5.74, 6) is 1.47. The van der Waals surface area contributed by atoms with E-state index in [1.807, 2.05) is 47.4 Å². The summed E-state index contributed by atoms with van der Waals surface area (Å²) in [5, 5.41) is 0. The lowest BCUT2D eigenvalue weighted by Gasteiger charge is -2.32. The van der Waals surface area contributed by atoms with Crippen LogP contribution in [0, 0.1) is 0 Å². The molecule has 0 spiro atoms. The van der Waals surface area contributed by atoms with Crippen molar-refractivity contribution in [3.05, 3.63) is 60.4 Å². The number of methoxy groups -OCH3 is 1. The SMILES string of the molecule is COc1ccccc1OC1CCN(C(=O)c2cccc3nccnc23)CC1. The van der Waals surface area contributed by atoms with Crippen molar-refractivity contribution in [3.8, 4) is 11.5 Å². The van der Waals surface area contributed by atoms with Gasteiger partial charge >= 0.3 is 0 Å². The Labute approximate surface area is 157 Å². The topological polar surface area (TPSA) is 64.6 Å². The zero-order valence-corrected chi connectivity index (χ0v) is 15.2. The number of hydrogen-bond donors (Lipinski definition) is 0. The van der Waals surface area contributed by atoms with Crippen LogP contribution in [0.4, 0.5) is 0 Å². The van der Waals surface area contributed by atoms with Gasteiger partial charge in [-0.3, -0.25) is 14.8 Å². The van der Waals surface area contributed by atoms with Crippen LogP contribution in [-0.2, 0) is 0 Å². The molecule has 2 heterocycles. The second-order valence-electron chi connectivity index (χ2n) is 6.49. The van der Waals surface area contributed by atoms with E-state index in [9.17, 15) is 4.79 Å². The predicted octanol–water partition coefficient (Wildman–Crippen LogP) is 3.32. The van der Waals surface area contributed by atoms with Crippen LogP contribution in [0.5, 0.6) is 11.5 Å². The average molecular weight is 363 g/mol. The fourth-order valence-corrected chi connectivity index (χ4v) is 3.41. The Balaban J connectivity index is 1.44. The molecule has 0 unspecified atom stereocenters. The molecule has 0 N–H and O–H groups in total. The maximum atomic E-state index is 13.0. The number of amides is 1. The first-order chi connectivity index (χ1) is 13.3. The Bertz CT molecular complexity index is 947. The van der Waals surface area contributed by atoms with Crippen molar-refractivity contribution >= 4 is 16.9 Å². The van der Waals surface area contributed by atoms with E-state index in [1.54, 1.807) is 19.5 Å². The Hall–Kier alpha value is -3.15. The maximum Gasteiger partial charge on any atom is 0.256 e. The predicted molar refractivity (Wildman–Crippen MR) is 102 cm³/mol. The molecular formula is C21H21N3O3. The normalized spacial score (nSPS) is 14.9. The minimum atomic E-state index is -0.00292. The first-order valence-corrected chi connectivity index (χ1v) is 9.05. The fraction of sp³-hybridized carbons (Fsp3) is 0.286. The van der Waals surface area contributed by atoms with Crippen molar-refractivity contribution in [1.82, 2.24) is 14.9 Å². The molecule has 0 radical (unpaired) electrons. The molecular weight excluding hydrogens is 342 g/mol. The number of likely N-dealkylation sites (tertiary alicyclic amines) is 1. The molecule has 0 saturated carbocycles. The highest BCUT2D eigenvalue weighted by Crippen LogP contribution is 2.29. The van der Waals surface area contributed by atoms with Gasteiger partial charge in [-0.2, -0.15) is 0 Å². The highest BCUT2D eigenvalue weighted by molar-refractivity contribution is 6.04. The molecule has 27 heavy (non-hydrogen) atoms. The summed E-state index contributed by atoms with van der Waals surface area (Å²) in [6.45, 7) is 1.30. The zero-order chi connectivity index (χ0) is 18.6. The molecule has 0 atom stereocenters. The molecule has 6 nitrogen and oxygen atoms in total. The van der Waals surface area contributed by atoms with Gasteiger partial charge in [-0.05, 0) is 24.3 Å². The molecule has 0 bridgehead atoms. The number of hydrogen-bond acceptors (Lipinski definition) is 5. The fourth-order valence-electron chi connectivity index (χ4n) is 3.41. The first kappa shape index (κ1) is 17.3. The Kier molecular flexibility index (Phi) is 4.87. The Morgan fingerprint density at radius 1 is 1.00 bits per heavy atom. The molecule has 1 aliphatic heterocycles. The lowest BCUT2D eigenvalue weighted by atomic mass is 10.1. The van der Waals surface area contributed by atoms with E-state index in [0.29, 0.717) is 24.2 Å². The van der Waals surface area contributed by atoms with E-state index >= 15 is 0 Å². The van der Waals surface area contributed by atoms with Crippen molar-refractivity contribution in [3.63, 3.8) is 0 Å². The van der Waals surface area contributed by atoms with Gasteiger partial charge in [0.05, 0.1) is 18.2 Å². The quantitative estimate of drug-likeness (QED) is 0.711. The van der Waals surface area contributed by atoms with E-state index in [-0.39, 0.29) is 12.0 Å². The van der Waals surface area contributed by atoms with Gasteiger partial charge in [-0.1, -0.05) is 18.2 Å². The largest absolute Gasteiger partial charge is 0.493 e. The third-order valence-corrected chi connectivity index (χ3v) is 4.82. The summed E-state index contributed by atoms with van der Waals surface area (Å²) in [6, 6.07) is 13.2. The van der Waals surface area contributed by atoms with Crippen LogP contribution < -0.4 is 9.47 Å². The van der Waals surface area contributed by atoms with Crippen LogP contribution in [0.1, 0.15) is 23.2 Å². The van der Waals surface area contributed by atoms with Gasteiger partial charge in [0.1, 0.15) is 11.6 Å². The third kappa shape index (κ3) is 3.56. The van der Waals surface area contributed by atoms with E-state index in [1.165, 1.54) is 0 Å². The summed E-state index contributed by atoms with van der Waals surface area (Å²) in [4.78, 5) is 23.5. The summed E-state index contributed by atoms with van der Waals surface area (Å²) in [5.41, 5.74) is 1.99. The molecule has 0 aliphatic carbocycles. The van der Waals surface area contributed by atoms with Gasteiger partial charge in [0, 0.05) is 38.3 Å². The van der Waals surface area contributed by atoms with Crippen LogP contribution in [0.3, 0.4) is 0 Å². The lowest BCUT2D eigenvalue weighted by molar-refractivity contribution is 0.0592. The molecule has 1 saturated heterocycles. The number of para-hydroxylation sites is 3. The molecule has 6 heteroatoms. The van der Waals surface area contributed by atoms with Gasteiger partial charge in [0.2, 0.25) is 0 Å². The number of nitrogens with zero attached hydrogens (tertiary/aromatic N) is 3. The van der Waals surface area contributed by atoms with E-state index in [2.05, 4.69) is 9.97 Å². The van der Waals surface area contributed by atoms with Gasteiger partial charge in [0.25, 0.3) is 5.91 Å². The molecule has 1 amide bonds. The smallest absolute Gasteiger partial charge is 0.256 e. The highest BCUT2D eigenvalue weighted by atomic mass is 16.5. The van der Waals surface area contributed by atoms with Gasteiger partial charge in [0.15, 0.2) is 11.5 Å². The van der Waals surface area contributed by atoms with E-state index < -0.39 is 0 Å². The van der Waals surface area contributed by atoms with Crippen LogP contribution in [0.15, 0.2) is 54.9 Å². The number of fused-ring (bicyclic) bond motifs is 1. The van der Waals surface area contributed by atoms with Crippen molar-refractivity contribution in [2.75, 3.05) is 20.2 Å². The number of piperidine rings is 1. The van der Waals surface area contributed by atoms with E-state index in [0.717, 1.165) is 29.9 Å². The first-order valence-electron chi connectivity index (χ1n) is 9.05. The highest BCUT2D eigenvalue weighted by Gasteiger charge is 2.26. The monoisotopic (exact) mass is 363 g/mol. The average Bonchev–Trinajstić information content (AvgIpc) is 2.74. The van der Waals surface area contributed by atoms with Crippen molar-refractivity contribution in [2.45, 2.75) is 18.9 Å². The number of aromatic nitrogens is 2. The second-order valence-corrected chi connectivity index (χ2v) is 6.49. The van der Waals surface area contributed by atoms with Gasteiger partial charge < -0.3 is 14.4 Å². The summed E-state index contributed by atoms with van der Waals surface area (Å²) >= 11 is 0. The Morgan fingerprint density at radius 2 is 1.74 bits per heavy atom. The number of benzene rings is 2. The summed E-state index contributed by atoms with van der Waals surface area (Å²) < 4.78 is 11.4. The van der Waals surface area contributed by atoms with Crippen LogP contribution in [0.2, 0.25) is 0 Å². The number of ether oxygens (including phenoxy) is 2. The van der Waals surface area contributed by atoms with Crippen LogP contribution >= 0.6 is 0 Å². The molecule has 2 aromatic carbocycles.